The van der Waals surface area contributed by atoms with Crippen molar-refractivity contribution in [1.82, 2.24) is 15.2 Å². The molecular formula is C20H25F3N4O4S. The van der Waals surface area contributed by atoms with Gasteiger partial charge in [-0.2, -0.15) is 13.2 Å². The largest absolute Gasteiger partial charge is 0.490 e. The van der Waals surface area contributed by atoms with Gasteiger partial charge in [0.25, 0.3) is 0 Å². The van der Waals surface area contributed by atoms with Gasteiger partial charge in [-0.3, -0.25) is 4.98 Å². The van der Waals surface area contributed by atoms with E-state index in [1.807, 2.05) is 31.3 Å². The second-order valence-electron chi connectivity index (χ2n) is 7.82. The molecule has 2 aliphatic heterocycles. The fourth-order valence-electron chi connectivity index (χ4n) is 3.70. The molecule has 2 aliphatic rings. The number of pyridine rings is 1. The molecule has 2 aromatic rings. The zero-order valence-electron chi connectivity index (χ0n) is 17.5. The molecule has 1 N–H and O–H groups in total. The number of aliphatic carboxylic acids is 1. The number of carboxylic acid groups (broad SMARTS) is 1. The number of anilines is 1. The Labute approximate surface area is 187 Å². The van der Waals surface area contributed by atoms with Crippen molar-refractivity contribution in [3.63, 3.8) is 0 Å². The van der Waals surface area contributed by atoms with Gasteiger partial charge in [-0.25, -0.2) is 4.79 Å². The lowest BCUT2D eigenvalue weighted by Crippen LogP contribution is -2.65. The maximum atomic E-state index is 10.6. The quantitative estimate of drug-likeness (QED) is 0.636. The van der Waals surface area contributed by atoms with Crippen molar-refractivity contribution < 1.29 is 32.5 Å². The second kappa shape index (κ2) is 10.5. The molecule has 0 saturated carbocycles. The van der Waals surface area contributed by atoms with Crippen molar-refractivity contribution in [2.75, 3.05) is 31.2 Å². The molecule has 176 valence electrons. The Morgan fingerprint density at radius 2 is 2.12 bits per heavy atom. The first-order chi connectivity index (χ1) is 15.2. The van der Waals surface area contributed by atoms with Crippen LogP contribution >= 0.6 is 11.3 Å². The van der Waals surface area contributed by atoms with Gasteiger partial charge in [0.05, 0.1) is 25.4 Å². The molecule has 0 amide bonds. The molecule has 4 heterocycles. The third-order valence-corrected chi connectivity index (χ3v) is 6.13. The average Bonchev–Trinajstić information content (AvgIpc) is 3.16. The van der Waals surface area contributed by atoms with Gasteiger partial charge >= 0.3 is 12.1 Å². The van der Waals surface area contributed by atoms with Crippen LogP contribution in [0.25, 0.3) is 0 Å². The van der Waals surface area contributed by atoms with Crippen LogP contribution in [0.5, 0.6) is 0 Å². The lowest BCUT2D eigenvalue weighted by molar-refractivity contribution is -0.192. The van der Waals surface area contributed by atoms with E-state index in [4.69, 9.17) is 19.4 Å². The Hall–Kier alpha value is -2.31. The molecule has 1 spiro atoms. The fraction of sp³-hybridized carbons (Fsp3) is 0.600. The van der Waals surface area contributed by atoms with Crippen molar-refractivity contribution in [3.05, 3.63) is 35.1 Å². The fourth-order valence-corrected chi connectivity index (χ4v) is 4.39. The predicted molar refractivity (Wildman–Crippen MR) is 110 cm³/mol. The third kappa shape index (κ3) is 6.84. The first kappa shape index (κ1) is 24.3. The summed E-state index contributed by atoms with van der Waals surface area (Å²) in [4.78, 5) is 15.5. The van der Waals surface area contributed by atoms with Gasteiger partial charge in [0, 0.05) is 19.4 Å². The zero-order chi connectivity index (χ0) is 23.2. The van der Waals surface area contributed by atoms with Crippen molar-refractivity contribution in [1.29, 1.82) is 0 Å². The molecule has 2 saturated heterocycles. The summed E-state index contributed by atoms with van der Waals surface area (Å²) in [5.74, 6) is -2.08. The summed E-state index contributed by atoms with van der Waals surface area (Å²) in [6, 6.07) is 5.92. The van der Waals surface area contributed by atoms with Crippen molar-refractivity contribution in [3.8, 4) is 0 Å². The number of halogens is 3. The standard InChI is InChI=1S/C18H24N4O2S.C2HF3O2/c1-14-20-21-17(25-14)22-12-18(13-22)10-15(6-9-24-18)5-8-23-11-16-4-2-3-7-19-16;3-2(4,5)1(6)7/h2-4,7,15H,5-6,8-13H2,1H3;(H,6,7). The van der Waals surface area contributed by atoms with Crippen LogP contribution in [0.15, 0.2) is 24.4 Å². The SMILES string of the molecule is Cc1nnc(N2CC3(CC(CCOCc4ccccn4)CCO3)C2)s1.O=C(O)C(F)(F)F. The minimum absolute atomic E-state index is 0.0173. The molecule has 12 heteroatoms. The normalized spacial score (nSPS) is 19.8. The summed E-state index contributed by atoms with van der Waals surface area (Å²) >= 11 is 1.66. The van der Waals surface area contributed by atoms with E-state index in [1.54, 1.807) is 11.3 Å². The number of aryl methyl sites for hydroxylation is 1. The summed E-state index contributed by atoms with van der Waals surface area (Å²) < 4.78 is 43.7. The number of nitrogens with zero attached hydrogens (tertiary/aromatic N) is 4. The number of hydrogen-bond acceptors (Lipinski definition) is 8. The van der Waals surface area contributed by atoms with Crippen LogP contribution in [0, 0.1) is 12.8 Å². The summed E-state index contributed by atoms with van der Waals surface area (Å²) in [7, 11) is 0. The maximum absolute atomic E-state index is 10.6. The van der Waals surface area contributed by atoms with Gasteiger partial charge in [0.2, 0.25) is 5.13 Å². The number of alkyl halides is 3. The molecule has 32 heavy (non-hydrogen) atoms. The number of carboxylic acids is 1. The number of carbonyl (C=O) groups is 1. The van der Waals surface area contributed by atoms with Crippen molar-refractivity contribution in [2.24, 2.45) is 5.92 Å². The summed E-state index contributed by atoms with van der Waals surface area (Å²) in [5, 5.41) is 17.5. The second-order valence-corrected chi connectivity index (χ2v) is 8.98. The minimum Gasteiger partial charge on any atom is -0.475 e. The van der Waals surface area contributed by atoms with E-state index in [2.05, 4.69) is 20.1 Å². The number of ether oxygens (including phenoxy) is 2. The molecule has 1 unspecified atom stereocenters. The Balaban J connectivity index is 0.000000360. The van der Waals surface area contributed by atoms with Gasteiger partial charge in [-0.1, -0.05) is 17.4 Å². The summed E-state index contributed by atoms with van der Waals surface area (Å²) in [6.07, 6.45) is 0.0689. The highest BCUT2D eigenvalue weighted by molar-refractivity contribution is 7.15. The molecule has 1 atom stereocenters. The monoisotopic (exact) mass is 474 g/mol. The third-order valence-electron chi connectivity index (χ3n) is 5.23. The molecule has 0 aliphatic carbocycles. The van der Waals surface area contributed by atoms with E-state index in [0.717, 1.165) is 61.4 Å². The lowest BCUT2D eigenvalue weighted by Gasteiger charge is -2.53. The van der Waals surface area contributed by atoms with E-state index in [1.165, 1.54) is 0 Å². The first-order valence-electron chi connectivity index (χ1n) is 10.1. The van der Waals surface area contributed by atoms with E-state index < -0.39 is 12.1 Å². The Kier molecular flexibility index (Phi) is 8.01. The lowest BCUT2D eigenvalue weighted by atomic mass is 9.79. The van der Waals surface area contributed by atoms with Crippen LogP contribution in [0.2, 0.25) is 0 Å². The van der Waals surface area contributed by atoms with Crippen LogP contribution in [-0.2, 0) is 20.9 Å². The van der Waals surface area contributed by atoms with Crippen molar-refractivity contribution in [2.45, 2.75) is 44.6 Å². The highest BCUT2D eigenvalue weighted by atomic mass is 32.1. The Bertz CT molecular complexity index is 875. The molecule has 2 aromatic heterocycles. The van der Waals surface area contributed by atoms with Crippen molar-refractivity contribution >= 4 is 22.4 Å². The molecule has 0 aromatic carbocycles. The van der Waals surface area contributed by atoms with Gasteiger partial charge < -0.3 is 19.5 Å². The molecule has 0 bridgehead atoms. The number of rotatable bonds is 6. The summed E-state index contributed by atoms with van der Waals surface area (Å²) in [5.41, 5.74) is 1.01. The van der Waals surface area contributed by atoms with Crippen LogP contribution in [0.3, 0.4) is 0 Å². The van der Waals surface area contributed by atoms with E-state index in [9.17, 15) is 13.2 Å². The van der Waals surface area contributed by atoms with Crippen LogP contribution in [0.1, 0.15) is 30.0 Å². The van der Waals surface area contributed by atoms with Gasteiger partial charge in [0.1, 0.15) is 10.6 Å². The van der Waals surface area contributed by atoms with E-state index in [-0.39, 0.29) is 5.60 Å². The molecule has 4 rings (SSSR count). The van der Waals surface area contributed by atoms with Crippen LogP contribution < -0.4 is 4.90 Å². The topological polar surface area (TPSA) is 97.7 Å². The van der Waals surface area contributed by atoms with E-state index in [0.29, 0.717) is 12.5 Å². The smallest absolute Gasteiger partial charge is 0.475 e. The Morgan fingerprint density at radius 3 is 2.72 bits per heavy atom. The van der Waals surface area contributed by atoms with Crippen LogP contribution in [-0.4, -0.2) is 64.3 Å². The number of hydrogen-bond donors (Lipinski definition) is 1. The predicted octanol–water partition coefficient (Wildman–Crippen LogP) is 3.47. The zero-order valence-corrected chi connectivity index (χ0v) is 18.4. The highest BCUT2D eigenvalue weighted by Crippen LogP contribution is 2.40. The van der Waals surface area contributed by atoms with Gasteiger partial charge in [0.15, 0.2) is 0 Å². The number of aromatic nitrogens is 3. The maximum Gasteiger partial charge on any atom is 0.490 e. The van der Waals surface area contributed by atoms with Gasteiger partial charge in [-0.15, -0.1) is 10.2 Å². The first-order valence-corrected chi connectivity index (χ1v) is 11.0. The molecular weight excluding hydrogens is 449 g/mol. The Morgan fingerprint density at radius 1 is 1.38 bits per heavy atom. The van der Waals surface area contributed by atoms with E-state index >= 15 is 0 Å². The highest BCUT2D eigenvalue weighted by Gasteiger charge is 2.48. The average molecular weight is 475 g/mol. The molecule has 0 radical (unpaired) electrons. The summed E-state index contributed by atoms with van der Waals surface area (Å²) in [6.45, 7) is 6.11. The molecule has 2 fully saturated rings. The van der Waals surface area contributed by atoms with Gasteiger partial charge in [-0.05, 0) is 44.2 Å². The minimum atomic E-state index is -5.08. The van der Waals surface area contributed by atoms with Crippen LogP contribution in [0.4, 0.5) is 18.3 Å². The molecule has 8 nitrogen and oxygen atoms in total.